The summed E-state index contributed by atoms with van der Waals surface area (Å²) < 4.78 is 0. The van der Waals surface area contributed by atoms with Crippen LogP contribution in [0.15, 0.2) is 80.0 Å². The number of piperidine rings is 1. The second-order valence-electron chi connectivity index (χ2n) is 8.27. The van der Waals surface area contributed by atoms with Crippen molar-refractivity contribution >= 4 is 11.8 Å². The van der Waals surface area contributed by atoms with Crippen LogP contribution in [-0.2, 0) is 11.2 Å². The topological polar surface area (TPSA) is 88.1 Å². The van der Waals surface area contributed by atoms with Crippen LogP contribution >= 0.6 is 0 Å². The number of amides is 2. The van der Waals surface area contributed by atoms with Crippen molar-refractivity contribution in [2.24, 2.45) is 5.41 Å². The third-order valence-corrected chi connectivity index (χ3v) is 6.07. The van der Waals surface area contributed by atoms with Crippen molar-refractivity contribution in [1.29, 1.82) is 0 Å². The van der Waals surface area contributed by atoms with Crippen LogP contribution in [0.1, 0.15) is 28.9 Å². The Morgan fingerprint density at radius 2 is 1.91 bits per heavy atom. The van der Waals surface area contributed by atoms with Gasteiger partial charge in [-0.3, -0.25) is 19.6 Å². The molecule has 2 aromatic heterocycles. The van der Waals surface area contributed by atoms with Crippen LogP contribution in [0.3, 0.4) is 0 Å². The molecule has 1 N–H and O–H groups in total. The Bertz CT molecular complexity index is 1120. The Kier molecular flexibility index (Phi) is 6.88. The van der Waals surface area contributed by atoms with Crippen molar-refractivity contribution in [2.75, 3.05) is 19.6 Å². The summed E-state index contributed by atoms with van der Waals surface area (Å²) in [6.07, 6.45) is 11.6. The molecule has 1 saturated heterocycles. The molecule has 33 heavy (non-hydrogen) atoms. The zero-order chi connectivity index (χ0) is 23.1. The molecule has 1 aliphatic rings. The fourth-order valence-corrected chi connectivity index (χ4v) is 4.49. The van der Waals surface area contributed by atoms with Gasteiger partial charge in [-0.1, -0.05) is 30.3 Å². The molecule has 1 aromatic carbocycles. The lowest BCUT2D eigenvalue weighted by Gasteiger charge is -2.42. The van der Waals surface area contributed by atoms with Gasteiger partial charge in [-0.05, 0) is 48.1 Å². The highest BCUT2D eigenvalue weighted by atomic mass is 16.2. The van der Waals surface area contributed by atoms with Crippen LogP contribution in [0.5, 0.6) is 0 Å². The van der Waals surface area contributed by atoms with Gasteiger partial charge in [0, 0.05) is 44.4 Å². The van der Waals surface area contributed by atoms with Crippen molar-refractivity contribution < 1.29 is 9.59 Å². The van der Waals surface area contributed by atoms with E-state index in [0.717, 1.165) is 23.1 Å². The van der Waals surface area contributed by atoms with Crippen molar-refractivity contribution in [1.82, 2.24) is 25.2 Å². The van der Waals surface area contributed by atoms with E-state index in [1.165, 1.54) is 18.6 Å². The second kappa shape index (κ2) is 10.2. The van der Waals surface area contributed by atoms with E-state index in [1.807, 2.05) is 24.3 Å². The van der Waals surface area contributed by atoms with Crippen LogP contribution in [0.2, 0.25) is 0 Å². The van der Waals surface area contributed by atoms with Crippen LogP contribution in [0.4, 0.5) is 0 Å². The highest BCUT2D eigenvalue weighted by molar-refractivity contribution is 5.93. The number of nitrogens with one attached hydrogen (secondary N) is 1. The number of likely N-dealkylation sites (tertiary alicyclic amines) is 1. The Hall–Kier alpha value is -3.87. The molecule has 0 saturated carbocycles. The molecule has 1 atom stereocenters. The smallest absolute Gasteiger partial charge is 0.274 e. The number of aromatic nitrogens is 3. The van der Waals surface area contributed by atoms with Crippen LogP contribution < -0.4 is 5.32 Å². The number of benzene rings is 1. The van der Waals surface area contributed by atoms with Gasteiger partial charge >= 0.3 is 0 Å². The summed E-state index contributed by atoms with van der Waals surface area (Å²) in [5.41, 5.74) is 2.70. The van der Waals surface area contributed by atoms with Gasteiger partial charge < -0.3 is 10.2 Å². The van der Waals surface area contributed by atoms with Gasteiger partial charge in [-0.2, -0.15) is 0 Å². The molecule has 0 aliphatic carbocycles. The van der Waals surface area contributed by atoms with E-state index >= 15 is 0 Å². The minimum Gasteiger partial charge on any atom is -0.352 e. The summed E-state index contributed by atoms with van der Waals surface area (Å²) in [6.45, 7) is 5.00. The van der Waals surface area contributed by atoms with E-state index in [2.05, 4.69) is 39.0 Å². The number of hydrogen-bond acceptors (Lipinski definition) is 5. The average Bonchev–Trinajstić information content (AvgIpc) is 2.88. The van der Waals surface area contributed by atoms with Crippen LogP contribution in [0, 0.1) is 5.41 Å². The van der Waals surface area contributed by atoms with Crippen molar-refractivity contribution in [3.63, 3.8) is 0 Å². The minimum absolute atomic E-state index is 0.0661. The average molecular weight is 442 g/mol. The van der Waals surface area contributed by atoms with Gasteiger partial charge in [-0.25, -0.2) is 4.98 Å². The van der Waals surface area contributed by atoms with E-state index in [1.54, 1.807) is 23.4 Å². The summed E-state index contributed by atoms with van der Waals surface area (Å²) >= 11 is 0. The number of carbonyl (C=O) groups excluding carboxylic acids is 2. The molecule has 1 unspecified atom stereocenters. The lowest BCUT2D eigenvalue weighted by Crippen LogP contribution is -2.54. The zero-order valence-electron chi connectivity index (χ0n) is 18.5. The van der Waals surface area contributed by atoms with Gasteiger partial charge in [0.1, 0.15) is 5.69 Å². The molecular formula is C26H27N5O2. The summed E-state index contributed by atoms with van der Waals surface area (Å²) in [4.78, 5) is 40.7. The monoisotopic (exact) mass is 441 g/mol. The highest BCUT2D eigenvalue weighted by Crippen LogP contribution is 2.37. The molecular weight excluding hydrogens is 414 g/mol. The fourth-order valence-electron chi connectivity index (χ4n) is 4.49. The molecule has 4 rings (SSSR count). The Labute approximate surface area is 193 Å². The normalized spacial score (nSPS) is 17.9. The lowest BCUT2D eigenvalue weighted by molar-refractivity contribution is -0.133. The zero-order valence-corrected chi connectivity index (χ0v) is 18.5. The first-order chi connectivity index (χ1) is 16.1. The molecule has 2 amide bonds. The van der Waals surface area contributed by atoms with Crippen LogP contribution in [-0.4, -0.2) is 51.3 Å². The summed E-state index contributed by atoms with van der Waals surface area (Å²) in [5.74, 6) is -0.269. The van der Waals surface area contributed by atoms with Crippen molar-refractivity contribution in [3.05, 3.63) is 91.3 Å². The predicted octanol–water partition coefficient (Wildman–Crippen LogP) is 3.31. The van der Waals surface area contributed by atoms with Crippen molar-refractivity contribution in [3.8, 4) is 11.1 Å². The molecule has 1 fully saturated rings. The fraction of sp³-hybridized carbons (Fsp3) is 0.269. The van der Waals surface area contributed by atoms with Gasteiger partial charge in [0.2, 0.25) is 5.91 Å². The SMILES string of the molecule is C=CCNC(=O)C1(Cc2ccccc2-c2ccncc2)CCCN(C(=O)c2cnccn2)C1. The standard InChI is InChI=1S/C26H27N5O2/c1-2-11-30-25(33)26(10-5-16-31(19-26)24(32)23-18-28-14-15-29-23)17-21-6-3-4-7-22(21)20-8-12-27-13-9-20/h2-4,6-9,12-15,18H,1,5,10-11,16-17,19H2,(H,30,33). The van der Waals surface area contributed by atoms with E-state index in [4.69, 9.17) is 0 Å². The molecule has 0 radical (unpaired) electrons. The van der Waals surface area contributed by atoms with Gasteiger partial charge in [0.05, 0.1) is 11.6 Å². The number of hydrogen-bond donors (Lipinski definition) is 1. The maximum atomic E-state index is 13.5. The molecule has 7 heteroatoms. The van der Waals surface area contributed by atoms with E-state index in [9.17, 15) is 9.59 Å². The third kappa shape index (κ3) is 4.98. The number of pyridine rings is 1. The number of carbonyl (C=O) groups is 2. The Balaban J connectivity index is 1.68. The van der Waals surface area contributed by atoms with Gasteiger partial charge in [0.25, 0.3) is 5.91 Å². The second-order valence-corrected chi connectivity index (χ2v) is 8.27. The first-order valence-corrected chi connectivity index (χ1v) is 11.1. The number of nitrogens with zero attached hydrogens (tertiary/aromatic N) is 4. The molecule has 3 heterocycles. The van der Waals surface area contributed by atoms with E-state index in [0.29, 0.717) is 32.5 Å². The Morgan fingerprint density at radius 3 is 2.67 bits per heavy atom. The third-order valence-electron chi connectivity index (χ3n) is 6.07. The molecule has 1 aliphatic heterocycles. The van der Waals surface area contributed by atoms with Crippen molar-refractivity contribution in [2.45, 2.75) is 19.3 Å². The minimum atomic E-state index is -0.762. The number of rotatable bonds is 7. The molecule has 0 bridgehead atoms. The first kappa shape index (κ1) is 22.3. The summed E-state index contributed by atoms with van der Waals surface area (Å²) in [5, 5.41) is 2.99. The maximum Gasteiger partial charge on any atom is 0.274 e. The molecule has 0 spiro atoms. The van der Waals surface area contributed by atoms with Gasteiger partial charge in [0.15, 0.2) is 0 Å². The quantitative estimate of drug-likeness (QED) is 0.569. The molecule has 7 nitrogen and oxygen atoms in total. The largest absolute Gasteiger partial charge is 0.352 e. The maximum absolute atomic E-state index is 13.5. The molecule has 3 aromatic rings. The lowest BCUT2D eigenvalue weighted by atomic mass is 9.73. The summed E-state index contributed by atoms with van der Waals surface area (Å²) in [7, 11) is 0. The van der Waals surface area contributed by atoms with Crippen LogP contribution in [0.25, 0.3) is 11.1 Å². The molecule has 168 valence electrons. The first-order valence-electron chi connectivity index (χ1n) is 11.1. The predicted molar refractivity (Wildman–Crippen MR) is 126 cm³/mol. The highest BCUT2D eigenvalue weighted by Gasteiger charge is 2.44. The van der Waals surface area contributed by atoms with E-state index in [-0.39, 0.29) is 17.5 Å². The summed E-state index contributed by atoms with van der Waals surface area (Å²) in [6, 6.07) is 12.0. The van der Waals surface area contributed by atoms with Gasteiger partial charge in [-0.15, -0.1) is 6.58 Å². The Morgan fingerprint density at radius 1 is 1.09 bits per heavy atom. The van der Waals surface area contributed by atoms with E-state index < -0.39 is 5.41 Å².